The molecule has 204 valence electrons. The largest absolute Gasteiger partial charge is 0.493 e. The van der Waals surface area contributed by atoms with Crippen molar-refractivity contribution >= 4 is 11.5 Å². The topological polar surface area (TPSA) is 97.6 Å². The second-order valence-corrected chi connectivity index (χ2v) is 8.32. The van der Waals surface area contributed by atoms with Gasteiger partial charge in [0.05, 0.1) is 61.2 Å². The van der Waals surface area contributed by atoms with Crippen molar-refractivity contribution in [3.05, 3.63) is 88.9 Å². The Kier molecular flexibility index (Phi) is 8.50. The van der Waals surface area contributed by atoms with E-state index in [0.29, 0.717) is 63.4 Å². The maximum Gasteiger partial charge on any atom is 0.203 e. The zero-order valence-electron chi connectivity index (χ0n) is 22.7. The third-order valence-electron chi connectivity index (χ3n) is 6.23. The molecule has 4 rings (SSSR count). The van der Waals surface area contributed by atoms with Crippen molar-refractivity contribution in [3.8, 4) is 34.5 Å². The molecule has 39 heavy (non-hydrogen) atoms. The molecule has 0 saturated heterocycles. The van der Waals surface area contributed by atoms with E-state index in [1.54, 1.807) is 45.8 Å². The molecule has 9 heteroatoms. The normalized spacial score (nSPS) is 13.4. The van der Waals surface area contributed by atoms with E-state index in [1.165, 1.54) is 21.3 Å². The third kappa shape index (κ3) is 5.43. The summed E-state index contributed by atoms with van der Waals surface area (Å²) < 4.78 is 38.5. The summed E-state index contributed by atoms with van der Waals surface area (Å²) in [5.74, 6) is 3.11. The Morgan fingerprint density at radius 1 is 0.769 bits per heavy atom. The minimum absolute atomic E-state index is 0.223. The standard InChI is InChI=1S/C30H31NO8/c1-33-23-13-18(14-24(34-2)29(23)37-5)27(31-17-20-9-8-12-39-20)21-10-7-11-22(21)28(32)19-15-25(35-3)30(38-6)26(16-19)36-4/h7-16,31H,17H2,1-6H3/b27-21-. The Bertz CT molecular complexity index is 1380. The van der Waals surface area contributed by atoms with Crippen LogP contribution in [-0.4, -0.2) is 48.4 Å². The zero-order valence-corrected chi connectivity index (χ0v) is 22.7. The summed E-state index contributed by atoms with van der Waals surface area (Å²) in [5.41, 5.74) is 2.93. The first kappa shape index (κ1) is 27.3. The van der Waals surface area contributed by atoms with Gasteiger partial charge in [0.1, 0.15) is 5.76 Å². The van der Waals surface area contributed by atoms with Gasteiger partial charge in [-0.3, -0.25) is 4.79 Å². The maximum atomic E-state index is 13.9. The molecule has 1 aliphatic rings. The smallest absolute Gasteiger partial charge is 0.203 e. The van der Waals surface area contributed by atoms with Crippen LogP contribution in [0.3, 0.4) is 0 Å². The van der Waals surface area contributed by atoms with E-state index in [0.717, 1.165) is 11.3 Å². The van der Waals surface area contributed by atoms with Crippen LogP contribution in [0, 0.1) is 0 Å². The van der Waals surface area contributed by atoms with Crippen LogP contribution in [0.2, 0.25) is 0 Å². The summed E-state index contributed by atoms with van der Waals surface area (Å²) in [6, 6.07) is 10.6. The number of carbonyl (C=O) groups excluding carboxylic acids is 1. The molecule has 3 aromatic rings. The molecule has 0 bridgehead atoms. The van der Waals surface area contributed by atoms with Gasteiger partial charge in [-0.05, 0) is 36.4 Å². The molecule has 1 N–H and O–H groups in total. The summed E-state index contributed by atoms with van der Waals surface area (Å²) in [6.07, 6.45) is 7.08. The first-order valence-electron chi connectivity index (χ1n) is 12.0. The van der Waals surface area contributed by atoms with Crippen molar-refractivity contribution < 1.29 is 37.6 Å². The number of hydrogen-bond acceptors (Lipinski definition) is 9. The summed E-state index contributed by atoms with van der Waals surface area (Å²) in [4.78, 5) is 13.9. The van der Waals surface area contributed by atoms with E-state index in [2.05, 4.69) is 5.32 Å². The fourth-order valence-corrected chi connectivity index (χ4v) is 4.37. The Balaban J connectivity index is 1.85. The minimum Gasteiger partial charge on any atom is -0.493 e. The molecule has 1 aromatic heterocycles. The Labute approximate surface area is 227 Å². The van der Waals surface area contributed by atoms with Gasteiger partial charge in [0.25, 0.3) is 0 Å². The molecule has 0 aliphatic heterocycles. The summed E-state index contributed by atoms with van der Waals surface area (Å²) in [7, 11) is 9.19. The predicted octanol–water partition coefficient (Wildman–Crippen LogP) is 5.21. The number of rotatable bonds is 12. The van der Waals surface area contributed by atoms with Gasteiger partial charge in [-0.2, -0.15) is 0 Å². The number of carbonyl (C=O) groups is 1. The van der Waals surface area contributed by atoms with Crippen LogP contribution in [-0.2, 0) is 6.54 Å². The van der Waals surface area contributed by atoms with E-state index < -0.39 is 0 Å². The van der Waals surface area contributed by atoms with Crippen molar-refractivity contribution in [2.45, 2.75) is 6.54 Å². The Hall–Kier alpha value is -4.79. The highest BCUT2D eigenvalue weighted by Crippen LogP contribution is 2.42. The predicted molar refractivity (Wildman–Crippen MR) is 146 cm³/mol. The number of allylic oxidation sites excluding steroid dienone is 5. The minimum atomic E-state index is -0.223. The van der Waals surface area contributed by atoms with E-state index in [-0.39, 0.29) is 5.78 Å². The molecule has 0 radical (unpaired) electrons. The number of ketones is 1. The van der Waals surface area contributed by atoms with Crippen LogP contribution < -0.4 is 33.7 Å². The van der Waals surface area contributed by atoms with Gasteiger partial charge in [0.15, 0.2) is 28.8 Å². The van der Waals surface area contributed by atoms with Crippen molar-refractivity contribution in [1.29, 1.82) is 0 Å². The SMILES string of the molecule is COc1cc(C(=O)C2=CC=C/C2=C(/NCc2ccco2)c2cc(OC)c(OC)c(OC)c2)cc(OC)c1OC. The third-order valence-corrected chi connectivity index (χ3v) is 6.23. The lowest BCUT2D eigenvalue weighted by molar-refractivity contribution is 0.103. The molecule has 0 saturated carbocycles. The second kappa shape index (κ2) is 12.2. The number of furan rings is 1. The van der Waals surface area contributed by atoms with E-state index in [1.807, 2.05) is 36.4 Å². The molecule has 0 spiro atoms. The first-order valence-corrected chi connectivity index (χ1v) is 12.0. The number of nitrogens with one attached hydrogen (secondary N) is 1. The highest BCUT2D eigenvalue weighted by molar-refractivity contribution is 6.15. The lowest BCUT2D eigenvalue weighted by atomic mass is 9.94. The number of methoxy groups -OCH3 is 6. The average molecular weight is 534 g/mol. The lowest BCUT2D eigenvalue weighted by Gasteiger charge is -2.19. The zero-order chi connectivity index (χ0) is 27.9. The fourth-order valence-electron chi connectivity index (χ4n) is 4.37. The molecule has 0 unspecified atom stereocenters. The quantitative estimate of drug-likeness (QED) is 0.315. The number of benzene rings is 2. The molecule has 0 fully saturated rings. The highest BCUT2D eigenvalue weighted by atomic mass is 16.5. The number of hydrogen-bond donors (Lipinski definition) is 1. The fraction of sp³-hybridized carbons (Fsp3) is 0.233. The maximum absolute atomic E-state index is 13.9. The monoisotopic (exact) mass is 533 g/mol. The van der Waals surface area contributed by atoms with Gasteiger partial charge >= 0.3 is 0 Å². The van der Waals surface area contributed by atoms with Crippen LogP contribution in [0.15, 0.2) is 76.5 Å². The van der Waals surface area contributed by atoms with Crippen LogP contribution >= 0.6 is 0 Å². The van der Waals surface area contributed by atoms with Crippen molar-refractivity contribution in [3.63, 3.8) is 0 Å². The van der Waals surface area contributed by atoms with Crippen LogP contribution in [0.4, 0.5) is 0 Å². The van der Waals surface area contributed by atoms with Crippen molar-refractivity contribution in [2.24, 2.45) is 0 Å². The molecule has 0 atom stereocenters. The first-order chi connectivity index (χ1) is 19.0. The van der Waals surface area contributed by atoms with Crippen molar-refractivity contribution in [2.75, 3.05) is 42.7 Å². The second-order valence-electron chi connectivity index (χ2n) is 8.32. The van der Waals surface area contributed by atoms with Gasteiger partial charge in [-0.15, -0.1) is 0 Å². The van der Waals surface area contributed by atoms with E-state index in [9.17, 15) is 4.79 Å². The number of Topliss-reactive ketones (excluding diaryl/α,β-unsaturated/α-hetero) is 1. The molecular weight excluding hydrogens is 502 g/mol. The Morgan fingerprint density at radius 3 is 1.77 bits per heavy atom. The summed E-state index contributed by atoms with van der Waals surface area (Å²) in [6.45, 7) is 0.377. The molecule has 1 heterocycles. The highest BCUT2D eigenvalue weighted by Gasteiger charge is 2.26. The lowest BCUT2D eigenvalue weighted by Crippen LogP contribution is -2.16. The van der Waals surface area contributed by atoms with Crippen LogP contribution in [0.1, 0.15) is 21.7 Å². The molecule has 0 amide bonds. The summed E-state index contributed by atoms with van der Waals surface area (Å²) >= 11 is 0. The molecule has 1 aliphatic carbocycles. The van der Waals surface area contributed by atoms with Gasteiger partial charge in [-0.1, -0.05) is 18.2 Å². The van der Waals surface area contributed by atoms with Crippen molar-refractivity contribution in [1.82, 2.24) is 5.32 Å². The van der Waals surface area contributed by atoms with Gasteiger partial charge < -0.3 is 38.2 Å². The van der Waals surface area contributed by atoms with Crippen LogP contribution in [0.5, 0.6) is 34.5 Å². The molecule has 9 nitrogen and oxygen atoms in total. The van der Waals surface area contributed by atoms with Crippen LogP contribution in [0.25, 0.3) is 5.70 Å². The van der Waals surface area contributed by atoms with Gasteiger partial charge in [0.2, 0.25) is 11.5 Å². The Morgan fingerprint density at radius 2 is 1.31 bits per heavy atom. The van der Waals surface area contributed by atoms with Gasteiger partial charge in [0, 0.05) is 22.3 Å². The van der Waals surface area contributed by atoms with Gasteiger partial charge in [-0.25, -0.2) is 0 Å². The molecular formula is C30H31NO8. The van der Waals surface area contributed by atoms with E-state index >= 15 is 0 Å². The molecule has 2 aromatic carbocycles. The van der Waals surface area contributed by atoms with E-state index in [4.69, 9.17) is 32.8 Å². The average Bonchev–Trinajstić information content (AvgIpc) is 3.68. The number of ether oxygens (including phenoxy) is 6. The summed E-state index contributed by atoms with van der Waals surface area (Å²) in [5, 5.41) is 3.44.